The highest BCUT2D eigenvalue weighted by atomic mass is 16.5. The lowest BCUT2D eigenvalue weighted by Gasteiger charge is -2.43. The monoisotopic (exact) mass is 360 g/mol. The fraction of sp³-hybridized carbons (Fsp3) is 0.381. The van der Waals surface area contributed by atoms with Crippen molar-refractivity contribution in [1.29, 1.82) is 15.8 Å². The van der Waals surface area contributed by atoms with Gasteiger partial charge in [0.15, 0.2) is 16.9 Å². The average molecular weight is 360 g/mol. The first-order valence-electron chi connectivity index (χ1n) is 8.73. The predicted molar refractivity (Wildman–Crippen MR) is 98.2 cm³/mol. The number of benzene rings is 1. The van der Waals surface area contributed by atoms with Crippen molar-refractivity contribution < 1.29 is 9.47 Å². The molecule has 0 spiro atoms. The van der Waals surface area contributed by atoms with Crippen molar-refractivity contribution in [1.82, 2.24) is 0 Å². The number of hydrogen-bond acceptors (Lipinski definition) is 6. The summed E-state index contributed by atoms with van der Waals surface area (Å²) in [7, 11) is 3.09. The van der Waals surface area contributed by atoms with E-state index in [-0.39, 0.29) is 17.2 Å². The topological polar surface area (TPSA) is 116 Å². The standard InChI is InChI=1S/C21H20N4O2/c1-26-17-8-7-13(9-18(17)27-2)19-15-6-4-3-5-14(15)16(10-22)20(25)21(19,11-23)12-24/h5,7-9,15,19H,3-4,6,25H2,1-2H3/t15-,19+/m1/s1. The van der Waals surface area contributed by atoms with E-state index in [2.05, 4.69) is 18.2 Å². The molecule has 3 rings (SSSR count). The molecule has 0 fully saturated rings. The zero-order valence-electron chi connectivity index (χ0n) is 15.3. The molecule has 2 N–H and O–H groups in total. The van der Waals surface area contributed by atoms with Crippen LogP contribution in [-0.4, -0.2) is 14.2 Å². The number of methoxy groups -OCH3 is 2. The van der Waals surface area contributed by atoms with Crippen LogP contribution in [0.4, 0.5) is 0 Å². The van der Waals surface area contributed by atoms with Crippen LogP contribution < -0.4 is 15.2 Å². The quantitative estimate of drug-likeness (QED) is 0.884. The molecule has 0 saturated carbocycles. The summed E-state index contributed by atoms with van der Waals surface area (Å²) in [5.41, 5.74) is 6.60. The molecule has 0 aromatic heterocycles. The second-order valence-electron chi connectivity index (χ2n) is 6.72. The molecular weight excluding hydrogens is 340 g/mol. The third kappa shape index (κ3) is 2.60. The van der Waals surface area contributed by atoms with E-state index < -0.39 is 11.3 Å². The van der Waals surface area contributed by atoms with Crippen LogP contribution in [0.2, 0.25) is 0 Å². The molecule has 0 bridgehead atoms. The third-order valence-electron chi connectivity index (χ3n) is 5.57. The Kier molecular flexibility index (Phi) is 4.80. The van der Waals surface area contributed by atoms with E-state index in [1.807, 2.05) is 12.1 Å². The molecule has 136 valence electrons. The minimum Gasteiger partial charge on any atom is -0.493 e. The first-order chi connectivity index (χ1) is 13.1. The zero-order chi connectivity index (χ0) is 19.6. The van der Waals surface area contributed by atoms with Gasteiger partial charge in [0, 0.05) is 5.92 Å². The maximum atomic E-state index is 10.0. The highest BCUT2D eigenvalue weighted by Crippen LogP contribution is 2.56. The number of nitrogens with zero attached hydrogens (tertiary/aromatic N) is 3. The molecule has 0 unspecified atom stereocenters. The first kappa shape index (κ1) is 18.4. The number of nitrogens with two attached hydrogens (primary N) is 1. The summed E-state index contributed by atoms with van der Waals surface area (Å²) in [5, 5.41) is 29.7. The fourth-order valence-corrected chi connectivity index (χ4v) is 4.30. The molecule has 0 saturated heterocycles. The molecule has 2 aliphatic carbocycles. The van der Waals surface area contributed by atoms with Gasteiger partial charge in [0.05, 0.1) is 37.6 Å². The molecule has 2 atom stereocenters. The van der Waals surface area contributed by atoms with E-state index in [9.17, 15) is 15.8 Å². The summed E-state index contributed by atoms with van der Waals surface area (Å²) in [4.78, 5) is 0. The number of rotatable bonds is 3. The van der Waals surface area contributed by atoms with Gasteiger partial charge in [-0.15, -0.1) is 0 Å². The molecule has 0 amide bonds. The van der Waals surface area contributed by atoms with Crippen LogP contribution in [0.5, 0.6) is 11.5 Å². The summed E-state index contributed by atoms with van der Waals surface area (Å²) in [6.45, 7) is 0. The van der Waals surface area contributed by atoms with Crippen molar-refractivity contribution in [3.8, 4) is 29.7 Å². The second-order valence-corrected chi connectivity index (χ2v) is 6.72. The SMILES string of the molecule is COc1ccc([C@H]2[C@@H]3CCCC=C3C(C#N)=C(N)C2(C#N)C#N)cc1OC. The van der Waals surface area contributed by atoms with Crippen molar-refractivity contribution in [2.45, 2.75) is 25.2 Å². The summed E-state index contributed by atoms with van der Waals surface area (Å²) >= 11 is 0. The van der Waals surface area contributed by atoms with Gasteiger partial charge in [-0.3, -0.25) is 0 Å². The van der Waals surface area contributed by atoms with E-state index >= 15 is 0 Å². The van der Waals surface area contributed by atoms with Gasteiger partial charge >= 0.3 is 0 Å². The first-order valence-corrected chi connectivity index (χ1v) is 8.73. The molecular formula is C21H20N4O2. The normalized spacial score (nSPS) is 23.1. The Morgan fingerprint density at radius 3 is 2.41 bits per heavy atom. The molecule has 0 heterocycles. The van der Waals surface area contributed by atoms with E-state index in [4.69, 9.17) is 15.2 Å². The van der Waals surface area contributed by atoms with E-state index in [1.54, 1.807) is 26.4 Å². The lowest BCUT2D eigenvalue weighted by atomic mass is 9.57. The molecule has 0 aliphatic heterocycles. The van der Waals surface area contributed by atoms with Gasteiger partial charge < -0.3 is 15.2 Å². The Labute approximate surface area is 158 Å². The van der Waals surface area contributed by atoms with Crippen LogP contribution >= 0.6 is 0 Å². The number of allylic oxidation sites excluding steroid dienone is 4. The van der Waals surface area contributed by atoms with Crippen LogP contribution in [0, 0.1) is 45.3 Å². The van der Waals surface area contributed by atoms with Crippen molar-refractivity contribution in [3.05, 3.63) is 46.7 Å². The molecule has 1 aromatic rings. The van der Waals surface area contributed by atoms with Gasteiger partial charge in [0.25, 0.3) is 0 Å². The number of fused-ring (bicyclic) bond motifs is 1. The van der Waals surface area contributed by atoms with Crippen LogP contribution in [-0.2, 0) is 0 Å². The molecule has 1 aromatic carbocycles. The summed E-state index contributed by atoms with van der Waals surface area (Å²) in [6, 6.07) is 11.8. The maximum Gasteiger partial charge on any atom is 0.191 e. The minimum absolute atomic E-state index is 0.0409. The fourth-order valence-electron chi connectivity index (χ4n) is 4.30. The van der Waals surface area contributed by atoms with Crippen LogP contribution in [0.15, 0.2) is 41.1 Å². The molecule has 0 radical (unpaired) electrons. The number of hydrogen-bond donors (Lipinski definition) is 1. The average Bonchev–Trinajstić information content (AvgIpc) is 2.72. The lowest BCUT2D eigenvalue weighted by Crippen LogP contribution is -2.42. The van der Waals surface area contributed by atoms with Crippen LogP contribution in [0.3, 0.4) is 0 Å². The van der Waals surface area contributed by atoms with Gasteiger partial charge in [-0.2, -0.15) is 15.8 Å². The van der Waals surface area contributed by atoms with Crippen molar-refractivity contribution in [2.75, 3.05) is 14.2 Å². The minimum atomic E-state index is -1.61. The summed E-state index contributed by atoms with van der Waals surface area (Å²) in [6.07, 6.45) is 4.60. The second kappa shape index (κ2) is 7.06. The van der Waals surface area contributed by atoms with E-state index in [1.165, 1.54) is 0 Å². The maximum absolute atomic E-state index is 10.0. The van der Waals surface area contributed by atoms with E-state index in [0.717, 1.165) is 30.4 Å². The predicted octanol–water partition coefficient (Wildman–Crippen LogP) is 3.30. The molecule has 6 nitrogen and oxygen atoms in total. The summed E-state index contributed by atoms with van der Waals surface area (Å²) < 4.78 is 10.7. The number of nitriles is 3. The highest BCUT2D eigenvalue weighted by molar-refractivity contribution is 5.60. The number of ether oxygens (including phenoxy) is 2. The van der Waals surface area contributed by atoms with Crippen LogP contribution in [0.25, 0.3) is 0 Å². The molecule has 6 heteroatoms. The van der Waals surface area contributed by atoms with Gasteiger partial charge in [-0.25, -0.2) is 0 Å². The lowest BCUT2D eigenvalue weighted by molar-refractivity contribution is 0.314. The Balaban J connectivity index is 2.30. The van der Waals surface area contributed by atoms with E-state index in [0.29, 0.717) is 11.5 Å². The van der Waals surface area contributed by atoms with Gasteiger partial charge in [0.2, 0.25) is 0 Å². The summed E-state index contributed by atoms with van der Waals surface area (Å²) in [5.74, 6) is 0.473. The van der Waals surface area contributed by atoms with Crippen LogP contribution in [0.1, 0.15) is 30.7 Å². The Morgan fingerprint density at radius 2 is 1.81 bits per heavy atom. The Hall–Kier alpha value is -3.43. The van der Waals surface area contributed by atoms with Gasteiger partial charge in [-0.05, 0) is 48.4 Å². The zero-order valence-corrected chi connectivity index (χ0v) is 15.3. The largest absolute Gasteiger partial charge is 0.493 e. The molecule has 27 heavy (non-hydrogen) atoms. The smallest absolute Gasteiger partial charge is 0.191 e. The van der Waals surface area contributed by atoms with Crippen molar-refractivity contribution >= 4 is 0 Å². The Morgan fingerprint density at radius 1 is 1.11 bits per heavy atom. The van der Waals surface area contributed by atoms with Crippen molar-refractivity contribution in [2.24, 2.45) is 17.1 Å². The van der Waals surface area contributed by atoms with Gasteiger partial charge in [0.1, 0.15) is 6.07 Å². The highest BCUT2D eigenvalue weighted by Gasteiger charge is 2.53. The van der Waals surface area contributed by atoms with Crippen molar-refractivity contribution in [3.63, 3.8) is 0 Å². The third-order valence-corrected chi connectivity index (χ3v) is 5.57. The molecule has 2 aliphatic rings. The Bertz CT molecular complexity index is 942. The van der Waals surface area contributed by atoms with Gasteiger partial charge in [-0.1, -0.05) is 12.1 Å².